The van der Waals surface area contributed by atoms with Crippen LogP contribution >= 0.6 is 0 Å². The summed E-state index contributed by atoms with van der Waals surface area (Å²) in [6.07, 6.45) is 1.79. The highest BCUT2D eigenvalue weighted by atomic mass is 16.4. The van der Waals surface area contributed by atoms with Crippen molar-refractivity contribution in [3.8, 4) is 0 Å². The highest BCUT2D eigenvalue weighted by molar-refractivity contribution is 5.80. The van der Waals surface area contributed by atoms with Crippen LogP contribution in [0.25, 0.3) is 0 Å². The number of carboxylic acid groups (broad SMARTS) is 1. The molecule has 1 fully saturated rings. The molecule has 19 heavy (non-hydrogen) atoms. The number of carbonyl (C=O) groups excluding carboxylic acids is 1. The number of nitrogens with one attached hydrogen (secondary N) is 1. The van der Waals surface area contributed by atoms with Gasteiger partial charge in [-0.05, 0) is 30.9 Å². The van der Waals surface area contributed by atoms with Crippen molar-refractivity contribution in [2.24, 2.45) is 0 Å². The van der Waals surface area contributed by atoms with E-state index in [0.29, 0.717) is 6.54 Å². The normalized spacial score (nSPS) is 13.9. The molecule has 1 aliphatic carbocycles. The van der Waals surface area contributed by atoms with E-state index in [1.54, 1.807) is 0 Å². The van der Waals surface area contributed by atoms with Crippen LogP contribution in [-0.4, -0.2) is 34.6 Å². The molecule has 0 aliphatic heterocycles. The number of aryl methyl sites for hydroxylation is 1. The van der Waals surface area contributed by atoms with Gasteiger partial charge in [-0.15, -0.1) is 0 Å². The molecule has 2 amide bonds. The van der Waals surface area contributed by atoms with Crippen LogP contribution in [0.15, 0.2) is 24.3 Å². The Labute approximate surface area is 112 Å². The number of urea groups is 1. The van der Waals surface area contributed by atoms with E-state index < -0.39 is 5.97 Å². The summed E-state index contributed by atoms with van der Waals surface area (Å²) in [5.41, 5.74) is 2.15. The van der Waals surface area contributed by atoms with Crippen molar-refractivity contribution >= 4 is 12.0 Å². The molecule has 0 saturated heterocycles. The molecule has 1 aromatic rings. The monoisotopic (exact) mass is 262 g/mol. The predicted octanol–water partition coefficient (Wildman–Crippen LogP) is 1.75. The van der Waals surface area contributed by atoms with Gasteiger partial charge < -0.3 is 15.3 Å². The first-order chi connectivity index (χ1) is 9.08. The summed E-state index contributed by atoms with van der Waals surface area (Å²) in [6.45, 7) is 2.18. The summed E-state index contributed by atoms with van der Waals surface area (Å²) < 4.78 is 0. The summed E-state index contributed by atoms with van der Waals surface area (Å²) >= 11 is 0. The quantitative estimate of drug-likeness (QED) is 0.849. The molecule has 5 nitrogen and oxygen atoms in total. The smallest absolute Gasteiger partial charge is 0.323 e. The number of hydrogen-bond acceptors (Lipinski definition) is 2. The van der Waals surface area contributed by atoms with E-state index in [1.165, 1.54) is 4.90 Å². The first-order valence-electron chi connectivity index (χ1n) is 6.38. The lowest BCUT2D eigenvalue weighted by molar-refractivity contribution is -0.137. The fourth-order valence-corrected chi connectivity index (χ4v) is 1.98. The Hall–Kier alpha value is -2.04. The van der Waals surface area contributed by atoms with Crippen molar-refractivity contribution < 1.29 is 14.7 Å². The number of carboxylic acids is 1. The average molecular weight is 262 g/mol. The summed E-state index contributed by atoms with van der Waals surface area (Å²) in [5, 5.41) is 11.6. The molecule has 1 aliphatic rings. The Morgan fingerprint density at radius 1 is 1.37 bits per heavy atom. The van der Waals surface area contributed by atoms with Gasteiger partial charge in [-0.3, -0.25) is 4.79 Å². The van der Waals surface area contributed by atoms with Crippen LogP contribution in [0.2, 0.25) is 0 Å². The number of benzene rings is 1. The van der Waals surface area contributed by atoms with E-state index in [-0.39, 0.29) is 18.6 Å². The minimum Gasteiger partial charge on any atom is -0.480 e. The third kappa shape index (κ3) is 3.71. The van der Waals surface area contributed by atoms with Gasteiger partial charge in [-0.2, -0.15) is 0 Å². The average Bonchev–Trinajstić information content (AvgIpc) is 3.18. The lowest BCUT2D eigenvalue weighted by Gasteiger charge is -2.21. The Balaban J connectivity index is 1.92. The number of rotatable bonds is 5. The van der Waals surface area contributed by atoms with Crippen LogP contribution in [0.1, 0.15) is 24.0 Å². The molecule has 2 N–H and O–H groups in total. The van der Waals surface area contributed by atoms with Crippen LogP contribution in [0.4, 0.5) is 4.79 Å². The van der Waals surface area contributed by atoms with Crippen LogP contribution in [0, 0.1) is 6.92 Å². The molecular weight excluding hydrogens is 244 g/mol. The Morgan fingerprint density at radius 2 is 2.05 bits per heavy atom. The van der Waals surface area contributed by atoms with Crippen LogP contribution in [0.3, 0.4) is 0 Å². The lowest BCUT2D eigenvalue weighted by Crippen LogP contribution is -2.43. The van der Waals surface area contributed by atoms with E-state index in [0.717, 1.165) is 24.0 Å². The molecule has 1 aromatic carbocycles. The summed E-state index contributed by atoms with van der Waals surface area (Å²) in [5.74, 6) is -0.974. The van der Waals surface area contributed by atoms with E-state index in [1.807, 2.05) is 31.2 Å². The Morgan fingerprint density at radius 3 is 2.63 bits per heavy atom. The second-order valence-electron chi connectivity index (χ2n) is 4.84. The topological polar surface area (TPSA) is 69.6 Å². The van der Waals surface area contributed by atoms with Crippen molar-refractivity contribution in [3.05, 3.63) is 35.4 Å². The maximum Gasteiger partial charge on any atom is 0.323 e. The summed E-state index contributed by atoms with van der Waals surface area (Å²) in [7, 11) is 0. The van der Waals surface area contributed by atoms with Gasteiger partial charge in [0.25, 0.3) is 0 Å². The molecular formula is C14H18N2O3. The lowest BCUT2D eigenvalue weighted by atomic mass is 10.1. The first-order valence-corrected chi connectivity index (χ1v) is 6.38. The molecule has 0 spiro atoms. The molecule has 0 aromatic heterocycles. The van der Waals surface area contributed by atoms with Crippen molar-refractivity contribution in [1.82, 2.24) is 10.2 Å². The number of nitrogens with zero attached hydrogens (tertiary/aromatic N) is 1. The van der Waals surface area contributed by atoms with Crippen LogP contribution in [-0.2, 0) is 11.3 Å². The third-order valence-electron chi connectivity index (χ3n) is 3.25. The van der Waals surface area contributed by atoms with E-state index in [2.05, 4.69) is 5.32 Å². The second kappa shape index (κ2) is 5.73. The molecule has 5 heteroatoms. The molecule has 0 unspecified atom stereocenters. The molecule has 0 radical (unpaired) electrons. The van der Waals surface area contributed by atoms with Gasteiger partial charge in [0.1, 0.15) is 6.54 Å². The van der Waals surface area contributed by atoms with Crippen LogP contribution < -0.4 is 5.32 Å². The first kappa shape index (κ1) is 13.4. The van der Waals surface area contributed by atoms with Crippen molar-refractivity contribution in [2.45, 2.75) is 32.4 Å². The van der Waals surface area contributed by atoms with Crippen molar-refractivity contribution in [2.75, 3.05) is 6.54 Å². The minimum atomic E-state index is -0.974. The van der Waals surface area contributed by atoms with Crippen molar-refractivity contribution in [1.29, 1.82) is 0 Å². The highest BCUT2D eigenvalue weighted by Gasteiger charge is 2.33. The molecule has 102 valence electrons. The maximum absolute atomic E-state index is 12.0. The molecule has 0 heterocycles. The van der Waals surface area contributed by atoms with Gasteiger partial charge in [0.05, 0.1) is 0 Å². The summed E-state index contributed by atoms with van der Waals surface area (Å²) in [4.78, 5) is 24.2. The molecule has 2 rings (SSSR count). The van der Waals surface area contributed by atoms with Crippen molar-refractivity contribution in [3.63, 3.8) is 0 Å². The fraction of sp³-hybridized carbons (Fsp3) is 0.429. The zero-order chi connectivity index (χ0) is 13.8. The highest BCUT2D eigenvalue weighted by Crippen LogP contribution is 2.26. The molecule has 0 atom stereocenters. The van der Waals surface area contributed by atoms with E-state index in [4.69, 9.17) is 5.11 Å². The van der Waals surface area contributed by atoms with Gasteiger partial charge in [-0.1, -0.05) is 24.3 Å². The number of aliphatic carboxylic acids is 1. The van der Waals surface area contributed by atoms with Crippen LogP contribution in [0.5, 0.6) is 0 Å². The number of carbonyl (C=O) groups is 2. The molecule has 0 bridgehead atoms. The van der Waals surface area contributed by atoms with Gasteiger partial charge in [0.2, 0.25) is 0 Å². The summed E-state index contributed by atoms with van der Waals surface area (Å²) in [6, 6.07) is 7.60. The maximum atomic E-state index is 12.0. The largest absolute Gasteiger partial charge is 0.480 e. The Bertz CT molecular complexity index is 483. The van der Waals surface area contributed by atoms with Gasteiger partial charge >= 0.3 is 12.0 Å². The van der Waals surface area contributed by atoms with E-state index >= 15 is 0 Å². The fourth-order valence-electron chi connectivity index (χ4n) is 1.98. The number of hydrogen-bond donors (Lipinski definition) is 2. The standard InChI is InChI=1S/C14H18N2O3/c1-10-4-2-3-5-11(10)8-15-14(19)16(9-13(17)18)12-6-7-12/h2-5,12H,6-9H2,1H3,(H,15,19)(H,17,18). The van der Waals surface area contributed by atoms with Gasteiger partial charge in [0.15, 0.2) is 0 Å². The zero-order valence-electron chi connectivity index (χ0n) is 10.9. The van der Waals surface area contributed by atoms with Gasteiger partial charge in [0, 0.05) is 12.6 Å². The third-order valence-corrected chi connectivity index (χ3v) is 3.25. The Kier molecular flexibility index (Phi) is 4.04. The second-order valence-corrected chi connectivity index (χ2v) is 4.84. The zero-order valence-corrected chi connectivity index (χ0v) is 10.9. The predicted molar refractivity (Wildman–Crippen MR) is 70.8 cm³/mol. The van der Waals surface area contributed by atoms with E-state index in [9.17, 15) is 9.59 Å². The number of amides is 2. The van der Waals surface area contributed by atoms with Gasteiger partial charge in [-0.25, -0.2) is 4.79 Å². The minimum absolute atomic E-state index is 0.0907. The SMILES string of the molecule is Cc1ccccc1CNC(=O)N(CC(=O)O)C1CC1. The molecule has 1 saturated carbocycles.